The molecule has 1 atom stereocenters. The minimum Gasteiger partial charge on any atom is -0.329 e. The van der Waals surface area contributed by atoms with Crippen molar-refractivity contribution in [2.75, 3.05) is 13.1 Å². The molecular formula is C15H32N2. The number of unbranched alkanes of at least 4 members (excludes halogenated alkanes) is 1. The van der Waals surface area contributed by atoms with E-state index in [0.717, 1.165) is 6.54 Å². The van der Waals surface area contributed by atoms with Crippen molar-refractivity contribution in [1.82, 2.24) is 4.90 Å². The maximum Gasteiger partial charge on any atom is 0.0334 e. The van der Waals surface area contributed by atoms with Crippen LogP contribution in [0.5, 0.6) is 0 Å². The molecule has 2 nitrogen and oxygen atoms in total. The molecule has 1 aliphatic rings. The van der Waals surface area contributed by atoms with Crippen LogP contribution in [0.4, 0.5) is 0 Å². The molecule has 0 aromatic carbocycles. The molecule has 2 heteroatoms. The fraction of sp³-hybridized carbons (Fsp3) is 1.00. The van der Waals surface area contributed by atoms with Crippen molar-refractivity contribution in [1.29, 1.82) is 0 Å². The Morgan fingerprint density at radius 3 is 2.29 bits per heavy atom. The highest BCUT2D eigenvalue weighted by atomic mass is 15.2. The van der Waals surface area contributed by atoms with E-state index < -0.39 is 0 Å². The lowest BCUT2D eigenvalue weighted by Crippen LogP contribution is -2.58. The van der Waals surface area contributed by atoms with E-state index in [1.165, 1.54) is 57.9 Å². The molecule has 0 aliphatic heterocycles. The molecule has 1 unspecified atom stereocenters. The van der Waals surface area contributed by atoms with Crippen LogP contribution in [0.15, 0.2) is 0 Å². The maximum absolute atomic E-state index is 6.16. The Hall–Kier alpha value is -0.0800. The Morgan fingerprint density at radius 2 is 1.82 bits per heavy atom. The summed E-state index contributed by atoms with van der Waals surface area (Å²) in [5.41, 5.74) is 6.48. The van der Waals surface area contributed by atoms with Gasteiger partial charge in [0.1, 0.15) is 0 Å². The predicted octanol–water partition coefficient (Wildman–Crippen LogP) is 3.55. The van der Waals surface area contributed by atoms with E-state index in [-0.39, 0.29) is 0 Å². The monoisotopic (exact) mass is 240 g/mol. The van der Waals surface area contributed by atoms with Crippen molar-refractivity contribution in [3.8, 4) is 0 Å². The average molecular weight is 240 g/mol. The van der Waals surface area contributed by atoms with Crippen LogP contribution in [0.3, 0.4) is 0 Å². The maximum atomic E-state index is 6.16. The first-order valence-corrected chi connectivity index (χ1v) is 7.67. The minimum atomic E-state index is 0.322. The van der Waals surface area contributed by atoms with Crippen LogP contribution in [0, 0.1) is 0 Å². The molecule has 0 saturated heterocycles. The van der Waals surface area contributed by atoms with Gasteiger partial charge in [0.15, 0.2) is 0 Å². The third-order valence-corrected chi connectivity index (χ3v) is 4.65. The highest BCUT2D eigenvalue weighted by molar-refractivity contribution is 4.95. The first-order valence-electron chi connectivity index (χ1n) is 7.67. The lowest BCUT2D eigenvalue weighted by molar-refractivity contribution is 0.0215. The summed E-state index contributed by atoms with van der Waals surface area (Å²) in [5, 5.41) is 0. The molecule has 0 aromatic heterocycles. The molecule has 0 aromatic rings. The van der Waals surface area contributed by atoms with Crippen LogP contribution in [-0.4, -0.2) is 29.6 Å². The summed E-state index contributed by atoms with van der Waals surface area (Å²) in [6, 6.07) is 0.684. The van der Waals surface area contributed by atoms with E-state index in [2.05, 4.69) is 25.7 Å². The van der Waals surface area contributed by atoms with Crippen molar-refractivity contribution < 1.29 is 0 Å². The second-order valence-electron chi connectivity index (χ2n) is 5.79. The third-order valence-electron chi connectivity index (χ3n) is 4.65. The van der Waals surface area contributed by atoms with E-state index in [4.69, 9.17) is 5.73 Å². The van der Waals surface area contributed by atoms with E-state index in [1.807, 2.05) is 0 Å². The molecule has 1 fully saturated rings. The summed E-state index contributed by atoms with van der Waals surface area (Å²) >= 11 is 0. The van der Waals surface area contributed by atoms with E-state index in [1.54, 1.807) is 0 Å². The molecular weight excluding hydrogens is 208 g/mol. The molecule has 102 valence electrons. The van der Waals surface area contributed by atoms with Crippen LogP contribution in [0.2, 0.25) is 0 Å². The molecule has 0 radical (unpaired) electrons. The van der Waals surface area contributed by atoms with Crippen molar-refractivity contribution in [2.24, 2.45) is 5.73 Å². The van der Waals surface area contributed by atoms with Crippen molar-refractivity contribution in [3.05, 3.63) is 0 Å². The normalized spacial score (nSPS) is 21.7. The van der Waals surface area contributed by atoms with Gasteiger partial charge in [0.2, 0.25) is 0 Å². The van der Waals surface area contributed by atoms with Crippen LogP contribution in [-0.2, 0) is 0 Å². The molecule has 17 heavy (non-hydrogen) atoms. The van der Waals surface area contributed by atoms with Gasteiger partial charge in [-0.3, -0.25) is 4.90 Å². The number of nitrogens with zero attached hydrogens (tertiary/aromatic N) is 1. The van der Waals surface area contributed by atoms with Gasteiger partial charge in [0, 0.05) is 18.1 Å². The fourth-order valence-corrected chi connectivity index (χ4v) is 3.29. The summed E-state index contributed by atoms with van der Waals surface area (Å²) in [5.74, 6) is 0. The molecule has 1 aliphatic carbocycles. The number of hydrogen-bond donors (Lipinski definition) is 1. The van der Waals surface area contributed by atoms with Crippen LogP contribution < -0.4 is 5.73 Å². The molecule has 1 saturated carbocycles. The van der Waals surface area contributed by atoms with E-state index in [0.29, 0.717) is 11.6 Å². The highest BCUT2D eigenvalue weighted by Crippen LogP contribution is 2.35. The quantitative estimate of drug-likeness (QED) is 0.737. The van der Waals surface area contributed by atoms with Gasteiger partial charge >= 0.3 is 0 Å². The van der Waals surface area contributed by atoms with Crippen LogP contribution in [0.1, 0.15) is 72.1 Å². The summed E-state index contributed by atoms with van der Waals surface area (Å²) in [7, 11) is 0. The lowest BCUT2D eigenvalue weighted by Gasteiger charge is -2.49. The minimum absolute atomic E-state index is 0.322. The zero-order chi connectivity index (χ0) is 12.7. The van der Waals surface area contributed by atoms with Gasteiger partial charge in [-0.2, -0.15) is 0 Å². The second-order valence-corrected chi connectivity index (χ2v) is 5.79. The van der Waals surface area contributed by atoms with Gasteiger partial charge in [-0.25, -0.2) is 0 Å². The van der Waals surface area contributed by atoms with Gasteiger partial charge in [-0.1, -0.05) is 39.5 Å². The van der Waals surface area contributed by atoms with Gasteiger partial charge in [-0.15, -0.1) is 0 Å². The fourth-order valence-electron chi connectivity index (χ4n) is 3.29. The molecule has 0 bridgehead atoms. The zero-order valence-corrected chi connectivity index (χ0v) is 12.2. The summed E-state index contributed by atoms with van der Waals surface area (Å²) in [6.45, 7) is 9.05. The Bertz CT molecular complexity index is 197. The number of nitrogens with two attached hydrogens (primary N) is 1. The molecule has 2 N–H and O–H groups in total. The largest absolute Gasteiger partial charge is 0.329 e. The van der Waals surface area contributed by atoms with Gasteiger partial charge < -0.3 is 5.73 Å². The smallest absolute Gasteiger partial charge is 0.0334 e. The molecule has 0 heterocycles. The molecule has 0 spiro atoms. The SMILES string of the molecule is CCCCN(C(C)CC)C1(CN)CCCCC1. The van der Waals surface area contributed by atoms with Crippen molar-refractivity contribution >= 4 is 0 Å². The molecule has 1 rings (SSSR count). The van der Waals surface area contributed by atoms with Gasteiger partial charge in [0.05, 0.1) is 0 Å². The average Bonchev–Trinajstić information content (AvgIpc) is 2.39. The Kier molecular flexibility index (Phi) is 6.50. The molecule has 0 amide bonds. The summed E-state index contributed by atoms with van der Waals surface area (Å²) in [4.78, 5) is 2.75. The Balaban J connectivity index is 2.75. The lowest BCUT2D eigenvalue weighted by atomic mass is 9.79. The Labute approximate surface area is 108 Å². The summed E-state index contributed by atoms with van der Waals surface area (Å²) < 4.78 is 0. The van der Waals surface area contributed by atoms with Gasteiger partial charge in [-0.05, 0) is 39.2 Å². The highest BCUT2D eigenvalue weighted by Gasteiger charge is 2.38. The topological polar surface area (TPSA) is 29.3 Å². The van der Waals surface area contributed by atoms with E-state index in [9.17, 15) is 0 Å². The predicted molar refractivity (Wildman–Crippen MR) is 76.2 cm³/mol. The Morgan fingerprint density at radius 1 is 1.18 bits per heavy atom. The van der Waals surface area contributed by atoms with Crippen LogP contribution >= 0.6 is 0 Å². The van der Waals surface area contributed by atoms with Gasteiger partial charge in [0.25, 0.3) is 0 Å². The van der Waals surface area contributed by atoms with Crippen molar-refractivity contribution in [2.45, 2.75) is 83.7 Å². The van der Waals surface area contributed by atoms with Crippen molar-refractivity contribution in [3.63, 3.8) is 0 Å². The third kappa shape index (κ3) is 3.69. The summed E-state index contributed by atoms with van der Waals surface area (Å²) in [6.07, 6.45) is 10.6. The van der Waals surface area contributed by atoms with Crippen LogP contribution in [0.25, 0.3) is 0 Å². The second kappa shape index (κ2) is 7.38. The number of rotatable bonds is 7. The standard InChI is InChI=1S/C15H32N2/c1-4-6-12-17(14(3)5-2)15(13-16)10-8-7-9-11-15/h14H,4-13,16H2,1-3H3. The number of hydrogen-bond acceptors (Lipinski definition) is 2. The first kappa shape index (κ1) is 15.0. The van der Waals surface area contributed by atoms with E-state index >= 15 is 0 Å². The zero-order valence-electron chi connectivity index (χ0n) is 12.2. The first-order chi connectivity index (χ1) is 8.20.